The van der Waals surface area contributed by atoms with Crippen LogP contribution in [0.3, 0.4) is 0 Å². The molecule has 0 aliphatic rings. The van der Waals surface area contributed by atoms with Gasteiger partial charge in [-0.2, -0.15) is 18.3 Å². The van der Waals surface area contributed by atoms with E-state index in [2.05, 4.69) is 15.1 Å². The van der Waals surface area contributed by atoms with Gasteiger partial charge in [-0.3, -0.25) is 0 Å². The SMILES string of the molecule is OC(CSc1nccc(-c2ccccc2)n1)(c1ccc2c(cnn2-c2ccccc2)c1)C(F)(F)F. The lowest BCUT2D eigenvalue weighted by Crippen LogP contribution is -2.44. The lowest BCUT2D eigenvalue weighted by atomic mass is 9.94. The molecular weight excluding hydrogens is 473 g/mol. The summed E-state index contributed by atoms with van der Waals surface area (Å²) in [4.78, 5) is 8.46. The van der Waals surface area contributed by atoms with Crippen LogP contribution in [-0.2, 0) is 5.60 Å². The lowest BCUT2D eigenvalue weighted by molar-refractivity contribution is -0.256. The highest BCUT2D eigenvalue weighted by atomic mass is 32.2. The van der Waals surface area contributed by atoms with Crippen LogP contribution in [-0.4, -0.2) is 36.8 Å². The third kappa shape index (κ3) is 4.52. The summed E-state index contributed by atoms with van der Waals surface area (Å²) in [6.07, 6.45) is -1.93. The lowest BCUT2D eigenvalue weighted by Gasteiger charge is -2.30. The number of rotatable bonds is 6. The predicted molar refractivity (Wildman–Crippen MR) is 129 cm³/mol. The van der Waals surface area contributed by atoms with Gasteiger partial charge in [0.05, 0.1) is 23.1 Å². The van der Waals surface area contributed by atoms with Crippen molar-refractivity contribution in [3.8, 4) is 16.9 Å². The molecule has 1 unspecified atom stereocenters. The minimum atomic E-state index is -4.92. The molecular formula is C26H19F3N4OS. The Kier molecular flexibility index (Phi) is 6.04. The van der Waals surface area contributed by atoms with Crippen molar-refractivity contribution in [1.82, 2.24) is 19.7 Å². The molecule has 9 heteroatoms. The van der Waals surface area contributed by atoms with Crippen molar-refractivity contribution in [1.29, 1.82) is 0 Å². The molecule has 0 saturated heterocycles. The fraction of sp³-hybridized carbons (Fsp3) is 0.115. The van der Waals surface area contributed by atoms with Gasteiger partial charge in [-0.1, -0.05) is 66.4 Å². The molecule has 5 aromatic rings. The predicted octanol–water partition coefficient (Wildman–Crippen LogP) is 6.02. The molecule has 5 nitrogen and oxygen atoms in total. The fourth-order valence-electron chi connectivity index (χ4n) is 3.74. The van der Waals surface area contributed by atoms with Crippen LogP contribution in [0.15, 0.2) is 102 Å². The maximum atomic E-state index is 14.2. The number of hydrogen-bond donors (Lipinski definition) is 1. The van der Waals surface area contributed by atoms with Crippen LogP contribution in [0.1, 0.15) is 5.56 Å². The van der Waals surface area contributed by atoms with Crippen molar-refractivity contribution in [3.63, 3.8) is 0 Å². The molecule has 0 radical (unpaired) electrons. The standard InChI is InChI=1S/C26H19F3N4OS/c27-26(28,29)25(34,17-35-24-30-14-13-22(32-24)18-7-3-1-4-8-18)20-11-12-23-19(15-20)16-31-33(23)21-9-5-2-6-10-21/h1-16,34H,17H2. The number of aromatic nitrogens is 4. The first kappa shape index (κ1) is 23.1. The van der Waals surface area contributed by atoms with E-state index in [1.807, 2.05) is 60.7 Å². The number of thioether (sulfide) groups is 1. The van der Waals surface area contributed by atoms with E-state index in [1.165, 1.54) is 24.5 Å². The van der Waals surface area contributed by atoms with Gasteiger partial charge in [0, 0.05) is 22.9 Å². The highest BCUT2D eigenvalue weighted by Gasteiger charge is 2.55. The van der Waals surface area contributed by atoms with Crippen molar-refractivity contribution in [2.75, 3.05) is 5.75 Å². The maximum Gasteiger partial charge on any atom is 0.422 e. The van der Waals surface area contributed by atoms with E-state index in [-0.39, 0.29) is 10.7 Å². The molecule has 0 bridgehead atoms. The normalized spacial score (nSPS) is 13.6. The first-order chi connectivity index (χ1) is 16.8. The molecule has 2 aromatic heterocycles. The van der Waals surface area contributed by atoms with Crippen molar-refractivity contribution in [2.24, 2.45) is 0 Å². The minimum absolute atomic E-state index is 0.145. The Balaban J connectivity index is 1.45. The molecule has 176 valence electrons. The molecule has 0 spiro atoms. The van der Waals surface area contributed by atoms with Crippen LogP contribution in [0, 0.1) is 0 Å². The number of alkyl halides is 3. The summed E-state index contributed by atoms with van der Waals surface area (Å²) in [5, 5.41) is 15.9. The quantitative estimate of drug-likeness (QED) is 0.232. The first-order valence-corrected chi connectivity index (χ1v) is 11.7. The molecule has 35 heavy (non-hydrogen) atoms. The molecule has 0 aliphatic carbocycles. The van der Waals surface area contributed by atoms with Crippen LogP contribution in [0.5, 0.6) is 0 Å². The number of nitrogens with zero attached hydrogens (tertiary/aromatic N) is 4. The van der Waals surface area contributed by atoms with Crippen molar-refractivity contribution >= 4 is 22.7 Å². The van der Waals surface area contributed by atoms with Gasteiger partial charge in [-0.05, 0) is 35.9 Å². The number of halogens is 3. The second kappa shape index (κ2) is 9.16. The second-order valence-electron chi connectivity index (χ2n) is 7.90. The Morgan fingerprint density at radius 3 is 2.31 bits per heavy atom. The molecule has 0 aliphatic heterocycles. The number of hydrogen-bond acceptors (Lipinski definition) is 5. The number of para-hydroxylation sites is 1. The number of fused-ring (bicyclic) bond motifs is 1. The average Bonchev–Trinajstić information content (AvgIpc) is 3.31. The summed E-state index contributed by atoms with van der Waals surface area (Å²) < 4.78 is 44.2. The summed E-state index contributed by atoms with van der Waals surface area (Å²) in [5.74, 6) is -0.701. The van der Waals surface area contributed by atoms with Gasteiger partial charge in [-0.15, -0.1) is 0 Å². The van der Waals surface area contributed by atoms with Crippen LogP contribution in [0.4, 0.5) is 13.2 Å². The summed E-state index contributed by atoms with van der Waals surface area (Å²) in [6.45, 7) is 0. The van der Waals surface area contributed by atoms with E-state index < -0.39 is 17.5 Å². The highest BCUT2D eigenvalue weighted by molar-refractivity contribution is 7.99. The summed E-state index contributed by atoms with van der Waals surface area (Å²) in [6, 6.07) is 24.4. The van der Waals surface area contributed by atoms with Crippen molar-refractivity contribution in [3.05, 3.63) is 103 Å². The first-order valence-electron chi connectivity index (χ1n) is 10.7. The van der Waals surface area contributed by atoms with Crippen LogP contribution in [0.2, 0.25) is 0 Å². The fourth-order valence-corrected chi connectivity index (χ4v) is 4.71. The molecule has 0 fully saturated rings. The Bertz CT molecular complexity index is 1460. The molecule has 0 amide bonds. The summed E-state index contributed by atoms with van der Waals surface area (Å²) >= 11 is 0.752. The molecule has 3 aromatic carbocycles. The van der Waals surface area contributed by atoms with Gasteiger partial charge >= 0.3 is 6.18 Å². The van der Waals surface area contributed by atoms with E-state index in [1.54, 1.807) is 16.8 Å². The van der Waals surface area contributed by atoms with Gasteiger partial charge in [0.15, 0.2) is 10.8 Å². The van der Waals surface area contributed by atoms with Crippen LogP contribution in [0.25, 0.3) is 27.8 Å². The molecule has 2 heterocycles. The number of benzene rings is 3. The largest absolute Gasteiger partial charge is 0.422 e. The average molecular weight is 493 g/mol. The molecule has 1 N–H and O–H groups in total. The Morgan fingerprint density at radius 1 is 0.886 bits per heavy atom. The van der Waals surface area contributed by atoms with Gasteiger partial charge in [0.25, 0.3) is 0 Å². The van der Waals surface area contributed by atoms with Gasteiger partial charge in [0.1, 0.15) is 0 Å². The number of aliphatic hydroxyl groups is 1. The van der Waals surface area contributed by atoms with E-state index in [4.69, 9.17) is 0 Å². The van der Waals surface area contributed by atoms with E-state index >= 15 is 0 Å². The zero-order valence-electron chi connectivity index (χ0n) is 18.2. The topological polar surface area (TPSA) is 63.8 Å². The Morgan fingerprint density at radius 2 is 1.60 bits per heavy atom. The maximum absolute atomic E-state index is 14.2. The van der Waals surface area contributed by atoms with Gasteiger partial charge in [-0.25, -0.2) is 14.6 Å². The van der Waals surface area contributed by atoms with E-state index in [9.17, 15) is 18.3 Å². The van der Waals surface area contributed by atoms with E-state index in [0.717, 1.165) is 23.0 Å². The second-order valence-corrected chi connectivity index (χ2v) is 8.85. The third-order valence-corrected chi connectivity index (χ3v) is 6.65. The van der Waals surface area contributed by atoms with Gasteiger partial charge in [0.2, 0.25) is 0 Å². The minimum Gasteiger partial charge on any atom is -0.376 e. The smallest absolute Gasteiger partial charge is 0.376 e. The van der Waals surface area contributed by atoms with Crippen LogP contribution < -0.4 is 0 Å². The summed E-state index contributed by atoms with van der Waals surface area (Å²) in [7, 11) is 0. The third-order valence-electron chi connectivity index (χ3n) is 5.63. The monoisotopic (exact) mass is 492 g/mol. The Labute approximate surface area is 203 Å². The summed E-state index contributed by atoms with van der Waals surface area (Å²) in [5.41, 5.74) is -0.537. The van der Waals surface area contributed by atoms with Crippen molar-refractivity contribution < 1.29 is 18.3 Å². The Hall–Kier alpha value is -3.69. The zero-order valence-corrected chi connectivity index (χ0v) is 19.0. The molecule has 0 saturated carbocycles. The highest BCUT2D eigenvalue weighted by Crippen LogP contribution is 2.43. The zero-order chi connectivity index (χ0) is 24.5. The van der Waals surface area contributed by atoms with Gasteiger partial charge < -0.3 is 5.11 Å². The molecule has 1 atom stereocenters. The van der Waals surface area contributed by atoms with Crippen molar-refractivity contribution in [2.45, 2.75) is 16.9 Å². The molecule has 5 rings (SSSR count). The van der Waals surface area contributed by atoms with Crippen LogP contribution >= 0.6 is 11.8 Å². The van der Waals surface area contributed by atoms with E-state index in [0.29, 0.717) is 16.6 Å².